The SMILES string of the molecule is CC(C)c1cc(C(=O)N2CCC[C@@]3(CCCN(Cc4ccccn4)C3=O)[C@@H]2C)no1. The number of carbonyl (C=O) groups is 2. The molecule has 0 aromatic carbocycles. The van der Waals surface area contributed by atoms with Gasteiger partial charge in [-0.2, -0.15) is 0 Å². The van der Waals surface area contributed by atoms with Gasteiger partial charge in [0.2, 0.25) is 5.91 Å². The number of amides is 2. The molecule has 2 saturated heterocycles. The Morgan fingerprint density at radius 3 is 2.70 bits per heavy atom. The number of pyridine rings is 1. The summed E-state index contributed by atoms with van der Waals surface area (Å²) < 4.78 is 5.34. The van der Waals surface area contributed by atoms with Crippen molar-refractivity contribution in [3.63, 3.8) is 0 Å². The van der Waals surface area contributed by atoms with E-state index in [1.165, 1.54) is 0 Å². The van der Waals surface area contributed by atoms with E-state index in [0.29, 0.717) is 24.5 Å². The summed E-state index contributed by atoms with van der Waals surface area (Å²) in [4.78, 5) is 35.0. The van der Waals surface area contributed by atoms with Crippen molar-refractivity contribution in [3.8, 4) is 0 Å². The van der Waals surface area contributed by atoms with Gasteiger partial charge in [-0.05, 0) is 44.7 Å². The summed E-state index contributed by atoms with van der Waals surface area (Å²) in [7, 11) is 0. The summed E-state index contributed by atoms with van der Waals surface area (Å²) in [6.45, 7) is 7.91. The second kappa shape index (κ2) is 8.20. The summed E-state index contributed by atoms with van der Waals surface area (Å²) in [5, 5.41) is 4.00. The highest BCUT2D eigenvalue weighted by atomic mass is 16.5. The van der Waals surface area contributed by atoms with Gasteiger partial charge in [0, 0.05) is 37.3 Å². The van der Waals surface area contributed by atoms with Crippen molar-refractivity contribution < 1.29 is 14.1 Å². The van der Waals surface area contributed by atoms with Crippen molar-refractivity contribution in [1.29, 1.82) is 0 Å². The van der Waals surface area contributed by atoms with E-state index in [1.807, 2.05) is 48.8 Å². The Hall–Kier alpha value is -2.70. The summed E-state index contributed by atoms with van der Waals surface area (Å²) in [6, 6.07) is 7.32. The lowest BCUT2D eigenvalue weighted by atomic mass is 9.67. The third-order valence-electron chi connectivity index (χ3n) is 6.71. The average Bonchev–Trinajstić information content (AvgIpc) is 3.24. The van der Waals surface area contributed by atoms with E-state index in [2.05, 4.69) is 10.1 Å². The maximum Gasteiger partial charge on any atom is 0.276 e. The van der Waals surface area contributed by atoms with Gasteiger partial charge in [0.05, 0.1) is 17.7 Å². The molecule has 7 nitrogen and oxygen atoms in total. The first-order chi connectivity index (χ1) is 14.4. The molecule has 0 bridgehead atoms. The van der Waals surface area contributed by atoms with Crippen LogP contribution in [0.2, 0.25) is 0 Å². The number of likely N-dealkylation sites (tertiary alicyclic amines) is 2. The second-order valence-corrected chi connectivity index (χ2v) is 8.85. The van der Waals surface area contributed by atoms with Crippen LogP contribution in [0.3, 0.4) is 0 Å². The summed E-state index contributed by atoms with van der Waals surface area (Å²) in [5.74, 6) is 0.872. The highest BCUT2D eigenvalue weighted by Gasteiger charge is 2.52. The molecular weight excluding hydrogens is 380 g/mol. The Morgan fingerprint density at radius 1 is 1.27 bits per heavy atom. The summed E-state index contributed by atoms with van der Waals surface area (Å²) in [5.41, 5.74) is 0.685. The highest BCUT2D eigenvalue weighted by Crippen LogP contribution is 2.44. The van der Waals surface area contributed by atoms with Gasteiger partial charge in [0.1, 0.15) is 5.76 Å². The first-order valence-electron chi connectivity index (χ1n) is 10.9. The lowest BCUT2D eigenvalue weighted by Gasteiger charge is -2.51. The zero-order valence-electron chi connectivity index (χ0n) is 18.0. The van der Waals surface area contributed by atoms with E-state index in [-0.39, 0.29) is 23.8 Å². The molecular formula is C23H30N4O3. The molecule has 30 heavy (non-hydrogen) atoms. The molecule has 2 aromatic rings. The molecule has 2 fully saturated rings. The average molecular weight is 411 g/mol. The molecule has 7 heteroatoms. The molecule has 1 spiro atoms. The van der Waals surface area contributed by atoms with E-state index in [9.17, 15) is 9.59 Å². The predicted octanol–water partition coefficient (Wildman–Crippen LogP) is 3.63. The van der Waals surface area contributed by atoms with Crippen molar-refractivity contribution in [3.05, 3.63) is 47.6 Å². The van der Waals surface area contributed by atoms with Crippen molar-refractivity contribution >= 4 is 11.8 Å². The maximum absolute atomic E-state index is 13.6. The Kier molecular flexibility index (Phi) is 5.62. The normalized spacial score (nSPS) is 24.7. The number of carbonyl (C=O) groups excluding carboxylic acids is 2. The lowest BCUT2D eigenvalue weighted by molar-refractivity contribution is -0.154. The fourth-order valence-corrected chi connectivity index (χ4v) is 4.92. The Morgan fingerprint density at radius 2 is 2.03 bits per heavy atom. The first-order valence-corrected chi connectivity index (χ1v) is 10.9. The number of hydrogen-bond acceptors (Lipinski definition) is 5. The van der Waals surface area contributed by atoms with E-state index in [1.54, 1.807) is 12.3 Å². The molecule has 4 heterocycles. The van der Waals surface area contributed by atoms with E-state index in [0.717, 1.165) is 37.9 Å². The van der Waals surface area contributed by atoms with Crippen LogP contribution >= 0.6 is 0 Å². The summed E-state index contributed by atoms with van der Waals surface area (Å²) in [6.07, 6.45) is 5.13. The molecule has 2 aromatic heterocycles. The Bertz CT molecular complexity index is 906. The molecule has 2 aliphatic heterocycles. The first kappa shape index (κ1) is 20.6. The van der Waals surface area contributed by atoms with Crippen molar-refractivity contribution in [1.82, 2.24) is 19.9 Å². The Balaban J connectivity index is 1.55. The number of aromatic nitrogens is 2. The monoisotopic (exact) mass is 410 g/mol. The van der Waals surface area contributed by atoms with Crippen LogP contribution in [0.25, 0.3) is 0 Å². The fraction of sp³-hybridized carbons (Fsp3) is 0.565. The number of nitrogens with zero attached hydrogens (tertiary/aromatic N) is 4. The van der Waals surface area contributed by atoms with Crippen LogP contribution < -0.4 is 0 Å². The van der Waals surface area contributed by atoms with Gasteiger partial charge in [0.25, 0.3) is 5.91 Å². The standard InChI is InChI=1S/C23H30N4O3/c1-16(2)20-14-19(25-30-20)21(28)27-13-7-10-23(17(27)3)9-6-12-26(22(23)29)15-18-8-4-5-11-24-18/h4-5,8,11,14,16-17H,6-7,9-10,12-13,15H2,1-3H3/t17-,23-/m0/s1. The van der Waals surface area contributed by atoms with Crippen LogP contribution in [0.5, 0.6) is 0 Å². The minimum absolute atomic E-state index is 0.146. The van der Waals surface area contributed by atoms with Gasteiger partial charge in [0.15, 0.2) is 5.69 Å². The third kappa shape index (κ3) is 3.61. The van der Waals surface area contributed by atoms with Gasteiger partial charge in [-0.1, -0.05) is 25.1 Å². The molecule has 0 unspecified atom stereocenters. The predicted molar refractivity (Wildman–Crippen MR) is 112 cm³/mol. The van der Waals surface area contributed by atoms with Crippen molar-refractivity contribution in [2.75, 3.05) is 13.1 Å². The number of hydrogen-bond donors (Lipinski definition) is 0. The van der Waals surface area contributed by atoms with Gasteiger partial charge in [-0.3, -0.25) is 14.6 Å². The Labute approximate surface area is 177 Å². The fourth-order valence-electron chi connectivity index (χ4n) is 4.92. The lowest BCUT2D eigenvalue weighted by Crippen LogP contribution is -2.61. The van der Waals surface area contributed by atoms with Crippen LogP contribution in [-0.2, 0) is 11.3 Å². The summed E-state index contributed by atoms with van der Waals surface area (Å²) >= 11 is 0. The quantitative estimate of drug-likeness (QED) is 0.769. The molecule has 2 aliphatic rings. The maximum atomic E-state index is 13.6. The van der Waals surface area contributed by atoms with Crippen molar-refractivity contribution in [2.24, 2.45) is 5.41 Å². The van der Waals surface area contributed by atoms with Crippen molar-refractivity contribution in [2.45, 2.75) is 65.0 Å². The van der Waals surface area contributed by atoms with Gasteiger partial charge >= 0.3 is 0 Å². The molecule has 0 radical (unpaired) electrons. The van der Waals surface area contributed by atoms with E-state index >= 15 is 0 Å². The van der Waals surface area contributed by atoms with Gasteiger partial charge in [-0.25, -0.2) is 0 Å². The minimum Gasteiger partial charge on any atom is -0.360 e. The zero-order chi connectivity index (χ0) is 21.3. The zero-order valence-corrected chi connectivity index (χ0v) is 18.0. The largest absolute Gasteiger partial charge is 0.360 e. The third-order valence-corrected chi connectivity index (χ3v) is 6.71. The van der Waals surface area contributed by atoms with Gasteiger partial charge < -0.3 is 14.3 Å². The molecule has 4 rings (SSSR count). The number of piperidine rings is 2. The van der Waals surface area contributed by atoms with Crippen LogP contribution in [-0.4, -0.2) is 50.9 Å². The number of rotatable bonds is 4. The van der Waals surface area contributed by atoms with E-state index in [4.69, 9.17) is 4.52 Å². The topological polar surface area (TPSA) is 79.5 Å². The van der Waals surface area contributed by atoms with Crippen LogP contribution in [0.4, 0.5) is 0 Å². The molecule has 0 aliphatic carbocycles. The molecule has 2 atom stereocenters. The smallest absolute Gasteiger partial charge is 0.276 e. The van der Waals surface area contributed by atoms with E-state index < -0.39 is 5.41 Å². The van der Waals surface area contributed by atoms with Gasteiger partial charge in [-0.15, -0.1) is 0 Å². The highest BCUT2D eigenvalue weighted by molar-refractivity contribution is 5.94. The molecule has 0 N–H and O–H groups in total. The van der Waals surface area contributed by atoms with Crippen LogP contribution in [0.1, 0.15) is 74.3 Å². The minimum atomic E-state index is -0.536. The molecule has 0 saturated carbocycles. The van der Waals surface area contributed by atoms with Crippen LogP contribution in [0.15, 0.2) is 35.0 Å². The molecule has 2 amide bonds. The second-order valence-electron chi connectivity index (χ2n) is 8.85. The van der Waals surface area contributed by atoms with Crippen LogP contribution in [0, 0.1) is 5.41 Å². The molecule has 160 valence electrons.